The summed E-state index contributed by atoms with van der Waals surface area (Å²) in [7, 11) is -2.62. The third-order valence-corrected chi connectivity index (χ3v) is 5.84. The maximum atomic E-state index is 12.9. The lowest BCUT2D eigenvalue weighted by Crippen LogP contribution is -2.45. The third kappa shape index (κ3) is 3.96. The van der Waals surface area contributed by atoms with Gasteiger partial charge >= 0.3 is 0 Å². The van der Waals surface area contributed by atoms with Crippen LogP contribution in [-0.4, -0.2) is 32.5 Å². The van der Waals surface area contributed by atoms with Gasteiger partial charge in [-0.2, -0.15) is 4.72 Å². The highest BCUT2D eigenvalue weighted by atomic mass is 32.2. The van der Waals surface area contributed by atoms with E-state index in [0.717, 1.165) is 22.0 Å². The van der Waals surface area contributed by atoms with E-state index in [0.29, 0.717) is 0 Å². The Hall–Kier alpha value is -2.84. The van der Waals surface area contributed by atoms with E-state index in [2.05, 4.69) is 9.71 Å². The second-order valence-electron chi connectivity index (χ2n) is 6.29. The Kier molecular flexibility index (Phi) is 5.20. The monoisotopic (exact) mass is 387 g/mol. The lowest BCUT2D eigenvalue weighted by molar-refractivity contribution is -0.119. The molecule has 1 aromatic heterocycles. The SMILES string of the molecule is COc1ccc(C)cc1S(=O)(=O)NC(Cc1c[nH]c2ccccc12)C(N)=O. The third-order valence-electron chi connectivity index (χ3n) is 4.35. The van der Waals surface area contributed by atoms with Crippen molar-refractivity contribution >= 4 is 26.8 Å². The Balaban J connectivity index is 1.92. The Labute approximate surface area is 157 Å². The lowest BCUT2D eigenvalue weighted by atomic mass is 10.1. The number of primary amides is 1. The fourth-order valence-corrected chi connectivity index (χ4v) is 4.42. The second kappa shape index (κ2) is 7.42. The minimum Gasteiger partial charge on any atom is -0.495 e. The number of amides is 1. The summed E-state index contributed by atoms with van der Waals surface area (Å²) in [5.41, 5.74) is 7.93. The molecule has 0 bridgehead atoms. The summed E-state index contributed by atoms with van der Waals surface area (Å²) in [5.74, 6) is -0.557. The topological polar surface area (TPSA) is 114 Å². The number of hydrogen-bond acceptors (Lipinski definition) is 4. The van der Waals surface area contributed by atoms with Crippen molar-refractivity contribution in [3.05, 3.63) is 59.8 Å². The molecule has 2 aromatic carbocycles. The van der Waals surface area contributed by atoms with Gasteiger partial charge < -0.3 is 15.5 Å². The molecule has 3 aromatic rings. The van der Waals surface area contributed by atoms with Gasteiger partial charge in [-0.15, -0.1) is 0 Å². The number of aromatic amines is 1. The number of nitrogens with two attached hydrogens (primary N) is 1. The summed E-state index contributed by atoms with van der Waals surface area (Å²) >= 11 is 0. The number of para-hydroxylation sites is 1. The Morgan fingerprint density at radius 2 is 2.00 bits per heavy atom. The summed E-state index contributed by atoms with van der Waals surface area (Å²) in [4.78, 5) is 15.0. The van der Waals surface area contributed by atoms with E-state index in [4.69, 9.17) is 10.5 Å². The van der Waals surface area contributed by atoms with Crippen LogP contribution in [-0.2, 0) is 21.2 Å². The summed E-state index contributed by atoms with van der Waals surface area (Å²) in [5, 5.41) is 0.913. The van der Waals surface area contributed by atoms with Gasteiger partial charge in [0.25, 0.3) is 0 Å². The van der Waals surface area contributed by atoms with Gasteiger partial charge in [0.1, 0.15) is 16.7 Å². The fourth-order valence-electron chi connectivity index (χ4n) is 2.97. The average molecular weight is 387 g/mol. The number of H-pyrrole nitrogens is 1. The van der Waals surface area contributed by atoms with Crippen LogP contribution < -0.4 is 15.2 Å². The number of nitrogens with one attached hydrogen (secondary N) is 2. The smallest absolute Gasteiger partial charge is 0.244 e. The molecule has 0 saturated carbocycles. The standard InChI is InChI=1S/C19H21N3O4S/c1-12-7-8-17(26-2)18(9-12)27(24,25)22-16(19(20)23)10-13-11-21-15-6-4-3-5-14(13)15/h3-9,11,16,21-22H,10H2,1-2H3,(H2,20,23). The Bertz CT molecular complexity index is 1090. The molecule has 1 unspecified atom stereocenters. The maximum absolute atomic E-state index is 12.9. The molecule has 0 radical (unpaired) electrons. The van der Waals surface area contributed by atoms with Crippen LogP contribution in [0.25, 0.3) is 10.9 Å². The normalized spacial score (nSPS) is 12.8. The van der Waals surface area contributed by atoms with E-state index in [1.54, 1.807) is 25.3 Å². The maximum Gasteiger partial charge on any atom is 0.244 e. The molecule has 0 aliphatic heterocycles. The van der Waals surface area contributed by atoms with Gasteiger partial charge in [-0.25, -0.2) is 8.42 Å². The predicted molar refractivity (Wildman–Crippen MR) is 103 cm³/mol. The average Bonchev–Trinajstić information content (AvgIpc) is 3.04. The molecule has 7 nitrogen and oxygen atoms in total. The van der Waals surface area contributed by atoms with Crippen molar-refractivity contribution in [1.29, 1.82) is 0 Å². The van der Waals surface area contributed by atoms with Gasteiger partial charge in [0.05, 0.1) is 7.11 Å². The summed E-state index contributed by atoms with van der Waals surface area (Å²) in [6.07, 6.45) is 1.88. The van der Waals surface area contributed by atoms with Crippen molar-refractivity contribution < 1.29 is 17.9 Å². The minimum absolute atomic E-state index is 0.0322. The van der Waals surface area contributed by atoms with E-state index in [-0.39, 0.29) is 17.1 Å². The van der Waals surface area contributed by atoms with Crippen LogP contribution >= 0.6 is 0 Å². The molecule has 27 heavy (non-hydrogen) atoms. The van der Waals surface area contributed by atoms with Crippen LogP contribution in [0.1, 0.15) is 11.1 Å². The van der Waals surface area contributed by atoms with E-state index < -0.39 is 22.0 Å². The van der Waals surface area contributed by atoms with Gasteiger partial charge in [-0.05, 0) is 42.7 Å². The Morgan fingerprint density at radius 1 is 1.26 bits per heavy atom. The molecule has 4 N–H and O–H groups in total. The van der Waals surface area contributed by atoms with Gasteiger partial charge in [0.2, 0.25) is 15.9 Å². The van der Waals surface area contributed by atoms with Crippen LogP contribution in [0.3, 0.4) is 0 Å². The quantitative estimate of drug-likeness (QED) is 0.574. The first-order valence-electron chi connectivity index (χ1n) is 8.33. The number of methoxy groups -OCH3 is 1. The number of hydrogen-bond donors (Lipinski definition) is 3. The highest BCUT2D eigenvalue weighted by Gasteiger charge is 2.27. The molecule has 3 rings (SSSR count). The Morgan fingerprint density at radius 3 is 2.70 bits per heavy atom. The van der Waals surface area contributed by atoms with Crippen molar-refractivity contribution in [1.82, 2.24) is 9.71 Å². The molecule has 1 heterocycles. The van der Waals surface area contributed by atoms with Gasteiger partial charge in [-0.3, -0.25) is 4.79 Å². The van der Waals surface area contributed by atoms with E-state index in [9.17, 15) is 13.2 Å². The van der Waals surface area contributed by atoms with E-state index in [1.165, 1.54) is 13.2 Å². The predicted octanol–water partition coefficient (Wildman–Crippen LogP) is 1.86. The van der Waals surface area contributed by atoms with Gasteiger partial charge in [0, 0.05) is 17.1 Å². The molecule has 142 valence electrons. The van der Waals surface area contributed by atoms with Crippen molar-refractivity contribution in [2.24, 2.45) is 5.73 Å². The van der Waals surface area contributed by atoms with Crippen LogP contribution in [0.4, 0.5) is 0 Å². The number of ether oxygens (including phenoxy) is 1. The zero-order valence-electron chi connectivity index (χ0n) is 15.0. The first-order chi connectivity index (χ1) is 12.8. The summed E-state index contributed by atoms with van der Waals surface area (Å²) in [6.45, 7) is 1.77. The molecular weight excluding hydrogens is 366 g/mol. The molecule has 0 aliphatic rings. The number of aryl methyl sites for hydroxylation is 1. The van der Waals surface area contributed by atoms with E-state index in [1.807, 2.05) is 24.3 Å². The minimum atomic E-state index is -4.01. The first-order valence-corrected chi connectivity index (χ1v) is 9.81. The van der Waals surface area contributed by atoms with Crippen LogP contribution in [0, 0.1) is 6.92 Å². The highest BCUT2D eigenvalue weighted by molar-refractivity contribution is 7.89. The second-order valence-corrected chi connectivity index (χ2v) is 7.98. The number of rotatable bonds is 7. The molecule has 1 atom stereocenters. The highest BCUT2D eigenvalue weighted by Crippen LogP contribution is 2.25. The number of carbonyl (C=O) groups is 1. The van der Waals surface area contributed by atoms with Crippen molar-refractivity contribution in [3.8, 4) is 5.75 Å². The number of sulfonamides is 1. The summed E-state index contributed by atoms with van der Waals surface area (Å²) < 4.78 is 33.3. The van der Waals surface area contributed by atoms with Crippen molar-refractivity contribution in [2.45, 2.75) is 24.3 Å². The van der Waals surface area contributed by atoms with E-state index >= 15 is 0 Å². The number of benzene rings is 2. The van der Waals surface area contributed by atoms with Crippen LogP contribution in [0.2, 0.25) is 0 Å². The van der Waals surface area contributed by atoms with Gasteiger partial charge in [-0.1, -0.05) is 24.3 Å². The molecule has 1 amide bonds. The first kappa shape index (κ1) is 18.9. The fraction of sp³-hybridized carbons (Fsp3) is 0.211. The molecule has 0 spiro atoms. The van der Waals surface area contributed by atoms with Crippen molar-refractivity contribution in [2.75, 3.05) is 7.11 Å². The molecule has 0 saturated heterocycles. The number of carbonyl (C=O) groups excluding carboxylic acids is 1. The molecular formula is C19H21N3O4S. The van der Waals surface area contributed by atoms with Crippen LogP contribution in [0.15, 0.2) is 53.6 Å². The number of aromatic nitrogens is 1. The van der Waals surface area contributed by atoms with Gasteiger partial charge in [0.15, 0.2) is 0 Å². The van der Waals surface area contributed by atoms with Crippen molar-refractivity contribution in [3.63, 3.8) is 0 Å². The zero-order chi connectivity index (χ0) is 19.6. The molecule has 0 aliphatic carbocycles. The largest absolute Gasteiger partial charge is 0.495 e. The zero-order valence-corrected chi connectivity index (χ0v) is 15.8. The molecule has 8 heteroatoms. The van der Waals surface area contributed by atoms with Crippen LogP contribution in [0.5, 0.6) is 5.75 Å². The number of fused-ring (bicyclic) bond motifs is 1. The molecule has 0 fully saturated rings. The summed E-state index contributed by atoms with van der Waals surface area (Å²) in [6, 6.07) is 11.3. The lowest BCUT2D eigenvalue weighted by Gasteiger charge is -2.17.